The second kappa shape index (κ2) is 9.23. The van der Waals surface area contributed by atoms with Gasteiger partial charge in [0.25, 0.3) is 0 Å². The van der Waals surface area contributed by atoms with Gasteiger partial charge in [-0.05, 0) is 24.1 Å². The van der Waals surface area contributed by atoms with Crippen molar-refractivity contribution >= 4 is 21.8 Å². The van der Waals surface area contributed by atoms with Gasteiger partial charge in [-0.3, -0.25) is 10.1 Å². The molecule has 11 heteroatoms. The molecule has 0 aliphatic heterocycles. The van der Waals surface area contributed by atoms with Crippen LogP contribution in [0.5, 0.6) is 0 Å². The first kappa shape index (κ1) is 22.2. The predicted molar refractivity (Wildman–Crippen MR) is 83.8 cm³/mol. The maximum Gasteiger partial charge on any atom is 0.412 e. The van der Waals surface area contributed by atoms with Crippen LogP contribution in [0.3, 0.4) is 0 Å². The number of halogens is 7. The number of amides is 1. The van der Waals surface area contributed by atoms with E-state index < -0.39 is 49.7 Å². The average molecular weight is 446 g/mol. The number of carbonyl (C=O) groups excluding carboxylic acids is 1. The molecule has 0 radical (unpaired) electrons. The van der Waals surface area contributed by atoms with Gasteiger partial charge in [0.15, 0.2) is 6.04 Å². The van der Waals surface area contributed by atoms with E-state index in [1.165, 1.54) is 12.1 Å². The van der Waals surface area contributed by atoms with Crippen LogP contribution in [-0.2, 0) is 4.79 Å². The van der Waals surface area contributed by atoms with Crippen molar-refractivity contribution in [2.24, 2.45) is 0 Å². The fourth-order valence-corrected chi connectivity index (χ4v) is 2.32. The Hall–Kier alpha value is -1.80. The second-order valence-electron chi connectivity index (χ2n) is 5.28. The molecule has 1 rings (SSSR count). The van der Waals surface area contributed by atoms with Gasteiger partial charge in [0.05, 0.1) is 18.7 Å². The molecule has 4 nitrogen and oxygen atoms in total. The zero-order valence-corrected chi connectivity index (χ0v) is 14.7. The molecule has 0 bridgehead atoms. The van der Waals surface area contributed by atoms with Crippen molar-refractivity contribution in [3.05, 3.63) is 34.3 Å². The lowest BCUT2D eigenvalue weighted by Crippen LogP contribution is -2.48. The van der Waals surface area contributed by atoms with Crippen LogP contribution in [0.2, 0.25) is 0 Å². The van der Waals surface area contributed by atoms with E-state index in [1.54, 1.807) is 11.4 Å². The fraction of sp³-hybridized carbons (Fsp3) is 0.467. The van der Waals surface area contributed by atoms with Gasteiger partial charge in [0.1, 0.15) is 0 Å². The van der Waals surface area contributed by atoms with E-state index >= 15 is 0 Å². The summed E-state index contributed by atoms with van der Waals surface area (Å²) in [6, 6.07) is 2.55. The lowest BCUT2D eigenvalue weighted by Gasteiger charge is -2.25. The van der Waals surface area contributed by atoms with E-state index in [-0.39, 0.29) is 5.56 Å². The number of hydrogen-bond donors (Lipinski definition) is 2. The van der Waals surface area contributed by atoms with Crippen LogP contribution in [0.15, 0.2) is 28.7 Å². The number of benzene rings is 1. The highest BCUT2D eigenvalue weighted by atomic mass is 79.9. The zero-order valence-electron chi connectivity index (χ0n) is 13.1. The van der Waals surface area contributed by atoms with Gasteiger partial charge in [-0.2, -0.15) is 31.6 Å². The zero-order chi connectivity index (χ0) is 20.0. The summed E-state index contributed by atoms with van der Waals surface area (Å²) >= 11 is 3.07. The minimum atomic E-state index is -4.85. The van der Waals surface area contributed by atoms with Gasteiger partial charge in [0.2, 0.25) is 5.91 Å². The molecule has 0 fully saturated rings. The summed E-state index contributed by atoms with van der Waals surface area (Å²) in [6.45, 7) is -0.481. The summed E-state index contributed by atoms with van der Waals surface area (Å²) in [7, 11) is 0. The molecule has 0 aromatic heterocycles. The molecule has 1 aromatic rings. The Morgan fingerprint density at radius 2 is 1.73 bits per heavy atom. The number of carbonyl (C=O) groups is 1. The van der Waals surface area contributed by atoms with Crippen LogP contribution >= 0.6 is 15.9 Å². The Morgan fingerprint density at radius 1 is 1.15 bits per heavy atom. The van der Waals surface area contributed by atoms with Crippen molar-refractivity contribution in [1.82, 2.24) is 10.6 Å². The van der Waals surface area contributed by atoms with Gasteiger partial charge in [-0.15, -0.1) is 0 Å². The van der Waals surface area contributed by atoms with Gasteiger partial charge >= 0.3 is 12.4 Å². The molecule has 144 valence electrons. The molecular formula is C15H14BrF6N3O. The Balaban J connectivity index is 2.96. The minimum Gasteiger partial charge on any atom is -0.339 e. The highest BCUT2D eigenvalue weighted by molar-refractivity contribution is 9.10. The average Bonchev–Trinajstić information content (AvgIpc) is 2.51. The van der Waals surface area contributed by atoms with Crippen LogP contribution in [-0.4, -0.2) is 30.8 Å². The fourth-order valence-electron chi connectivity index (χ4n) is 2.05. The predicted octanol–water partition coefficient (Wildman–Crippen LogP) is 3.99. The quantitative estimate of drug-likeness (QED) is 0.492. The minimum absolute atomic E-state index is 0.274. The number of nitriles is 1. The van der Waals surface area contributed by atoms with Crippen LogP contribution in [0.25, 0.3) is 0 Å². The molecular weight excluding hydrogens is 432 g/mol. The van der Waals surface area contributed by atoms with Crippen LogP contribution in [0.4, 0.5) is 26.3 Å². The summed E-state index contributed by atoms with van der Waals surface area (Å²) in [5.74, 6) is -1.27. The molecule has 0 saturated carbocycles. The van der Waals surface area contributed by atoms with Crippen LogP contribution in [0.1, 0.15) is 24.4 Å². The molecule has 1 amide bonds. The summed E-state index contributed by atoms with van der Waals surface area (Å²) in [6.07, 6.45) is -11.6. The third kappa shape index (κ3) is 7.61. The molecule has 0 spiro atoms. The standard InChI is InChI=1S/C15H14BrF6N3O/c16-10-3-1-9(2-4-10)12(15(20,21)22)25-13(26)11(24-8-7-23)5-6-14(17,18)19/h1-4,11-12,24H,5-6,8H2,(H,25,26)/t11-,12?/m0/s1. The molecule has 0 aliphatic carbocycles. The molecule has 26 heavy (non-hydrogen) atoms. The van der Waals surface area contributed by atoms with Crippen molar-refractivity contribution in [1.29, 1.82) is 5.26 Å². The van der Waals surface area contributed by atoms with E-state index in [1.807, 2.05) is 0 Å². The van der Waals surface area contributed by atoms with E-state index in [4.69, 9.17) is 5.26 Å². The van der Waals surface area contributed by atoms with E-state index in [0.717, 1.165) is 12.1 Å². The largest absolute Gasteiger partial charge is 0.412 e. The first-order valence-electron chi connectivity index (χ1n) is 7.23. The van der Waals surface area contributed by atoms with Gasteiger partial charge in [-0.1, -0.05) is 28.1 Å². The summed E-state index contributed by atoms with van der Waals surface area (Å²) < 4.78 is 77.4. The van der Waals surface area contributed by atoms with E-state index in [9.17, 15) is 31.1 Å². The smallest absolute Gasteiger partial charge is 0.339 e. The summed E-state index contributed by atoms with van der Waals surface area (Å²) in [4.78, 5) is 12.1. The Bertz CT molecular complexity index is 639. The third-order valence-electron chi connectivity index (χ3n) is 3.28. The van der Waals surface area contributed by atoms with Crippen molar-refractivity contribution in [3.8, 4) is 6.07 Å². The lowest BCUT2D eigenvalue weighted by molar-refractivity contribution is -0.165. The molecule has 0 saturated heterocycles. The molecule has 1 aromatic carbocycles. The summed E-state index contributed by atoms with van der Waals surface area (Å²) in [5, 5.41) is 12.4. The first-order chi connectivity index (χ1) is 11.9. The second-order valence-corrected chi connectivity index (χ2v) is 6.20. The monoisotopic (exact) mass is 445 g/mol. The number of rotatable bonds is 7. The number of alkyl halides is 6. The Kier molecular flexibility index (Phi) is 7.89. The topological polar surface area (TPSA) is 64.9 Å². The van der Waals surface area contributed by atoms with Crippen molar-refractivity contribution in [2.45, 2.75) is 37.3 Å². The molecule has 1 unspecified atom stereocenters. The van der Waals surface area contributed by atoms with Gasteiger partial charge in [-0.25, -0.2) is 0 Å². The summed E-state index contributed by atoms with van der Waals surface area (Å²) in [5.41, 5.74) is -0.274. The SMILES string of the molecule is N#CCN[C@@H](CCC(F)(F)F)C(=O)NC(c1ccc(Br)cc1)C(F)(F)F. The normalized spacial score (nSPS) is 14.4. The highest BCUT2D eigenvalue weighted by Crippen LogP contribution is 2.33. The number of hydrogen-bond acceptors (Lipinski definition) is 3. The Morgan fingerprint density at radius 3 is 2.19 bits per heavy atom. The van der Waals surface area contributed by atoms with Crippen molar-refractivity contribution in [3.63, 3.8) is 0 Å². The van der Waals surface area contributed by atoms with Crippen molar-refractivity contribution in [2.75, 3.05) is 6.54 Å². The third-order valence-corrected chi connectivity index (χ3v) is 3.81. The van der Waals surface area contributed by atoms with Gasteiger partial charge < -0.3 is 5.32 Å². The molecule has 2 atom stereocenters. The molecule has 2 N–H and O–H groups in total. The molecule has 0 heterocycles. The van der Waals surface area contributed by atoms with E-state index in [0.29, 0.717) is 4.47 Å². The van der Waals surface area contributed by atoms with Crippen LogP contribution < -0.4 is 10.6 Å². The Labute approximate surface area is 153 Å². The first-order valence-corrected chi connectivity index (χ1v) is 8.03. The van der Waals surface area contributed by atoms with Crippen LogP contribution in [0, 0.1) is 11.3 Å². The number of nitrogens with one attached hydrogen (secondary N) is 2. The maximum absolute atomic E-state index is 13.3. The van der Waals surface area contributed by atoms with Crippen molar-refractivity contribution < 1.29 is 31.1 Å². The maximum atomic E-state index is 13.3. The lowest BCUT2D eigenvalue weighted by atomic mass is 10.0. The number of nitrogens with zero attached hydrogens (tertiary/aromatic N) is 1. The molecule has 0 aliphatic rings. The van der Waals surface area contributed by atoms with Gasteiger partial charge in [0, 0.05) is 10.9 Å². The van der Waals surface area contributed by atoms with E-state index in [2.05, 4.69) is 21.2 Å². The highest BCUT2D eigenvalue weighted by Gasteiger charge is 2.43.